The summed E-state index contributed by atoms with van der Waals surface area (Å²) in [5.74, 6) is 0.891. The summed E-state index contributed by atoms with van der Waals surface area (Å²) in [6.07, 6.45) is 12.7. The Morgan fingerprint density at radius 1 is 1.29 bits per heavy atom. The maximum Gasteiger partial charge on any atom is 0.254 e. The Kier molecular flexibility index (Phi) is 4.65. The molecule has 1 saturated heterocycles. The van der Waals surface area contributed by atoms with Gasteiger partial charge in [0, 0.05) is 37.1 Å². The fraction of sp³-hybridized carbons (Fsp3) is 0.529. The van der Waals surface area contributed by atoms with E-state index in [2.05, 4.69) is 22.5 Å². The Hall–Kier alpha value is -1.68. The molecule has 4 heteroatoms. The van der Waals surface area contributed by atoms with Crippen molar-refractivity contribution >= 4 is 5.91 Å². The number of likely N-dealkylation sites (tertiary alicyclic amines) is 1. The highest BCUT2D eigenvalue weighted by Crippen LogP contribution is 2.18. The minimum atomic E-state index is 0.127. The summed E-state index contributed by atoms with van der Waals surface area (Å²) in [4.78, 5) is 18.3. The molecule has 0 bridgehead atoms. The van der Waals surface area contributed by atoms with Crippen molar-refractivity contribution in [1.29, 1.82) is 0 Å². The number of pyridine rings is 1. The van der Waals surface area contributed by atoms with Gasteiger partial charge in [-0.25, -0.2) is 0 Å². The quantitative estimate of drug-likeness (QED) is 0.863. The minimum Gasteiger partial charge on any atom is -0.337 e. The number of hydrogen-bond acceptors (Lipinski definition) is 3. The maximum atomic E-state index is 12.4. The van der Waals surface area contributed by atoms with Crippen LogP contribution in [-0.2, 0) is 0 Å². The van der Waals surface area contributed by atoms with Gasteiger partial charge < -0.3 is 10.2 Å². The largest absolute Gasteiger partial charge is 0.337 e. The van der Waals surface area contributed by atoms with Crippen LogP contribution in [0.1, 0.15) is 36.0 Å². The Balaban J connectivity index is 1.47. The third-order valence-electron chi connectivity index (χ3n) is 4.48. The van der Waals surface area contributed by atoms with Crippen LogP contribution in [0.5, 0.6) is 0 Å². The fourth-order valence-corrected chi connectivity index (χ4v) is 3.16. The number of amides is 1. The van der Waals surface area contributed by atoms with E-state index in [0.29, 0.717) is 6.04 Å². The molecule has 2 heterocycles. The Morgan fingerprint density at radius 2 is 2.14 bits per heavy atom. The SMILES string of the molecule is O=C(c1ccncc1)N1CC[C@@H](NC[C@H]2CC=CCC2)C1. The van der Waals surface area contributed by atoms with Gasteiger partial charge in [-0.2, -0.15) is 0 Å². The zero-order valence-electron chi connectivity index (χ0n) is 12.4. The lowest BCUT2D eigenvalue weighted by Crippen LogP contribution is -2.37. The predicted octanol–water partition coefficient (Wildman–Crippen LogP) is 2.24. The highest BCUT2D eigenvalue weighted by molar-refractivity contribution is 5.94. The summed E-state index contributed by atoms with van der Waals surface area (Å²) in [6, 6.07) is 4.02. The topological polar surface area (TPSA) is 45.2 Å². The Bertz CT molecular complexity index is 500. The summed E-state index contributed by atoms with van der Waals surface area (Å²) in [5.41, 5.74) is 0.739. The van der Waals surface area contributed by atoms with Crippen molar-refractivity contribution < 1.29 is 4.79 Å². The molecule has 0 spiro atoms. The molecule has 112 valence electrons. The number of nitrogens with zero attached hydrogens (tertiary/aromatic N) is 2. The van der Waals surface area contributed by atoms with Crippen LogP contribution in [0.15, 0.2) is 36.7 Å². The van der Waals surface area contributed by atoms with E-state index in [9.17, 15) is 4.79 Å². The van der Waals surface area contributed by atoms with Crippen LogP contribution in [-0.4, -0.2) is 41.5 Å². The Morgan fingerprint density at radius 3 is 2.90 bits per heavy atom. The molecule has 2 atom stereocenters. The molecular weight excluding hydrogens is 262 g/mol. The van der Waals surface area contributed by atoms with E-state index < -0.39 is 0 Å². The minimum absolute atomic E-state index is 0.127. The highest BCUT2D eigenvalue weighted by atomic mass is 16.2. The summed E-state index contributed by atoms with van der Waals surface area (Å²) < 4.78 is 0. The normalized spacial score (nSPS) is 25.2. The highest BCUT2D eigenvalue weighted by Gasteiger charge is 2.27. The summed E-state index contributed by atoms with van der Waals surface area (Å²) in [5, 5.41) is 3.65. The number of carbonyl (C=O) groups excluding carboxylic acids is 1. The molecule has 1 N–H and O–H groups in total. The average molecular weight is 285 g/mol. The molecule has 1 amide bonds. The van der Waals surface area contributed by atoms with E-state index in [1.165, 1.54) is 19.3 Å². The van der Waals surface area contributed by atoms with Gasteiger partial charge in [-0.15, -0.1) is 0 Å². The van der Waals surface area contributed by atoms with E-state index >= 15 is 0 Å². The van der Waals surface area contributed by atoms with Gasteiger partial charge >= 0.3 is 0 Å². The monoisotopic (exact) mass is 285 g/mol. The second kappa shape index (κ2) is 6.85. The summed E-state index contributed by atoms with van der Waals surface area (Å²) >= 11 is 0. The lowest BCUT2D eigenvalue weighted by Gasteiger charge is -2.21. The Labute approximate surface area is 126 Å². The first kappa shape index (κ1) is 14.3. The molecule has 1 aromatic rings. The molecule has 0 radical (unpaired) electrons. The molecule has 4 nitrogen and oxygen atoms in total. The van der Waals surface area contributed by atoms with Crippen LogP contribution < -0.4 is 5.32 Å². The first-order chi connectivity index (χ1) is 10.3. The first-order valence-electron chi connectivity index (χ1n) is 7.90. The predicted molar refractivity (Wildman–Crippen MR) is 83.0 cm³/mol. The molecule has 3 rings (SSSR count). The second-order valence-electron chi connectivity index (χ2n) is 6.03. The van der Waals surface area contributed by atoms with Crippen molar-refractivity contribution in [2.75, 3.05) is 19.6 Å². The number of allylic oxidation sites excluding steroid dienone is 2. The van der Waals surface area contributed by atoms with E-state index in [1.807, 2.05) is 4.90 Å². The summed E-state index contributed by atoms with van der Waals surface area (Å²) in [6.45, 7) is 2.75. The van der Waals surface area contributed by atoms with E-state index in [0.717, 1.165) is 37.5 Å². The number of rotatable bonds is 4. The molecule has 0 aromatic carbocycles. The lowest BCUT2D eigenvalue weighted by atomic mass is 9.94. The van der Waals surface area contributed by atoms with Gasteiger partial charge in [0.2, 0.25) is 0 Å². The van der Waals surface area contributed by atoms with Crippen LogP contribution in [0.4, 0.5) is 0 Å². The van der Waals surface area contributed by atoms with Crippen molar-refractivity contribution in [3.63, 3.8) is 0 Å². The van der Waals surface area contributed by atoms with Gasteiger partial charge in [0.25, 0.3) is 5.91 Å². The third kappa shape index (κ3) is 3.70. The molecule has 0 unspecified atom stereocenters. The number of nitrogens with one attached hydrogen (secondary N) is 1. The molecular formula is C17H23N3O. The molecule has 1 aliphatic carbocycles. The fourth-order valence-electron chi connectivity index (χ4n) is 3.16. The maximum absolute atomic E-state index is 12.4. The molecule has 1 aromatic heterocycles. The third-order valence-corrected chi connectivity index (χ3v) is 4.48. The van der Waals surface area contributed by atoms with E-state index in [4.69, 9.17) is 0 Å². The molecule has 1 fully saturated rings. The van der Waals surface area contributed by atoms with Crippen LogP contribution in [0.3, 0.4) is 0 Å². The van der Waals surface area contributed by atoms with Gasteiger partial charge in [-0.05, 0) is 50.3 Å². The van der Waals surface area contributed by atoms with Crippen molar-refractivity contribution in [3.8, 4) is 0 Å². The number of carbonyl (C=O) groups is 1. The zero-order chi connectivity index (χ0) is 14.5. The number of hydrogen-bond donors (Lipinski definition) is 1. The van der Waals surface area contributed by atoms with Gasteiger partial charge in [-0.3, -0.25) is 9.78 Å². The van der Waals surface area contributed by atoms with Crippen molar-refractivity contribution in [1.82, 2.24) is 15.2 Å². The summed E-state index contributed by atoms with van der Waals surface area (Å²) in [7, 11) is 0. The zero-order valence-corrected chi connectivity index (χ0v) is 12.4. The smallest absolute Gasteiger partial charge is 0.254 e. The number of aromatic nitrogens is 1. The first-order valence-corrected chi connectivity index (χ1v) is 7.90. The van der Waals surface area contributed by atoms with Crippen molar-refractivity contribution in [2.24, 2.45) is 5.92 Å². The molecule has 21 heavy (non-hydrogen) atoms. The molecule has 2 aliphatic rings. The molecule has 1 aliphatic heterocycles. The molecule has 0 saturated carbocycles. The second-order valence-corrected chi connectivity index (χ2v) is 6.03. The average Bonchev–Trinajstić information content (AvgIpc) is 3.03. The lowest BCUT2D eigenvalue weighted by molar-refractivity contribution is 0.0789. The van der Waals surface area contributed by atoms with E-state index in [-0.39, 0.29) is 5.91 Å². The van der Waals surface area contributed by atoms with Crippen LogP contribution >= 0.6 is 0 Å². The van der Waals surface area contributed by atoms with E-state index in [1.54, 1.807) is 24.5 Å². The van der Waals surface area contributed by atoms with Gasteiger partial charge in [0.15, 0.2) is 0 Å². The van der Waals surface area contributed by atoms with Gasteiger partial charge in [0.05, 0.1) is 0 Å². The van der Waals surface area contributed by atoms with Crippen molar-refractivity contribution in [3.05, 3.63) is 42.2 Å². The van der Waals surface area contributed by atoms with Crippen LogP contribution in [0, 0.1) is 5.92 Å². The van der Waals surface area contributed by atoms with Crippen LogP contribution in [0.25, 0.3) is 0 Å². The standard InChI is InChI=1S/C17H23N3O/c21-17(15-6-9-18-10-7-15)20-11-8-16(13-20)19-12-14-4-2-1-3-5-14/h1-2,6-7,9-10,14,16,19H,3-5,8,11-13H2/t14-,16+/m0/s1. The van der Waals surface area contributed by atoms with Gasteiger partial charge in [-0.1, -0.05) is 12.2 Å². The van der Waals surface area contributed by atoms with Crippen LogP contribution in [0.2, 0.25) is 0 Å². The van der Waals surface area contributed by atoms with Crippen molar-refractivity contribution in [2.45, 2.75) is 31.7 Å². The van der Waals surface area contributed by atoms with Gasteiger partial charge in [0.1, 0.15) is 0 Å².